The summed E-state index contributed by atoms with van der Waals surface area (Å²) in [5.74, 6) is 0.512. The number of carbonyl (C=O) groups is 2. The first-order valence-electron chi connectivity index (χ1n) is 18.3. The van der Waals surface area contributed by atoms with Crippen molar-refractivity contribution < 1.29 is 22.7 Å². The molecule has 4 aliphatic rings. The first-order valence-corrected chi connectivity index (χ1v) is 19.8. The van der Waals surface area contributed by atoms with Gasteiger partial charge in [0.2, 0.25) is 5.91 Å². The number of likely N-dealkylation sites (N-methyl/N-ethyl adjacent to an activating group) is 1. The van der Waals surface area contributed by atoms with Gasteiger partial charge < -0.3 is 19.1 Å². The summed E-state index contributed by atoms with van der Waals surface area (Å²) in [6.07, 6.45) is 14.9. The Bertz CT molecular complexity index is 2030. The Balaban J connectivity index is 1.41. The topological polar surface area (TPSA) is 104 Å². The number of fused-ring (bicyclic) bond motifs is 5. The second-order valence-corrected chi connectivity index (χ2v) is 17.2. The van der Waals surface area contributed by atoms with Gasteiger partial charge in [0.25, 0.3) is 5.91 Å². The lowest BCUT2D eigenvalue weighted by atomic mass is 9.79. The zero-order chi connectivity index (χ0) is 36.1. The van der Waals surface area contributed by atoms with Gasteiger partial charge in [0.15, 0.2) is 0 Å². The fraction of sp³-hybridized carbons (Fsp3) is 0.500. The number of nitrogens with one attached hydrogen (secondary N) is 1. The molecule has 272 valence electrons. The van der Waals surface area contributed by atoms with Crippen LogP contribution in [0.3, 0.4) is 0 Å². The van der Waals surface area contributed by atoms with E-state index in [0.717, 1.165) is 89.4 Å². The van der Waals surface area contributed by atoms with Crippen LogP contribution in [-0.4, -0.2) is 92.8 Å². The van der Waals surface area contributed by atoms with Gasteiger partial charge in [0, 0.05) is 62.3 Å². The largest absolute Gasteiger partial charge is 0.497 e. The molecule has 11 heteroatoms. The van der Waals surface area contributed by atoms with Crippen molar-refractivity contribution in [1.29, 1.82) is 0 Å². The van der Waals surface area contributed by atoms with E-state index in [1.54, 1.807) is 13.2 Å². The van der Waals surface area contributed by atoms with Gasteiger partial charge in [-0.3, -0.25) is 9.59 Å². The van der Waals surface area contributed by atoms with Crippen LogP contribution in [0.15, 0.2) is 60.2 Å². The number of hydrogen-bond donors (Lipinski definition) is 1. The lowest BCUT2D eigenvalue weighted by Crippen LogP contribution is -2.58. The van der Waals surface area contributed by atoms with Crippen LogP contribution in [0.2, 0.25) is 0 Å². The molecule has 1 aromatic heterocycles. The third-order valence-electron chi connectivity index (χ3n) is 11.5. The SMILES string of the molecule is COc1ccc2c(c1)CC(C)(C(=O)N1CCN(C)CC1C1=CCCC=C1)Cn1c-2c(C2CCCCC2)c2ccc(C(=O)NS(=O)(=O)N(C)C)cc21. The molecule has 2 atom stereocenters. The van der Waals surface area contributed by atoms with Gasteiger partial charge in [0.1, 0.15) is 5.75 Å². The molecule has 2 unspecified atom stereocenters. The molecule has 2 aliphatic carbocycles. The van der Waals surface area contributed by atoms with Gasteiger partial charge in [-0.15, -0.1) is 0 Å². The van der Waals surface area contributed by atoms with Crippen LogP contribution in [0.5, 0.6) is 5.75 Å². The average Bonchev–Trinajstić information content (AvgIpc) is 3.36. The van der Waals surface area contributed by atoms with Gasteiger partial charge in [0.05, 0.1) is 24.3 Å². The lowest BCUT2D eigenvalue weighted by molar-refractivity contribution is -0.145. The fourth-order valence-electron chi connectivity index (χ4n) is 8.76. The molecule has 0 spiro atoms. The summed E-state index contributed by atoms with van der Waals surface area (Å²) in [4.78, 5) is 33.2. The van der Waals surface area contributed by atoms with Crippen LogP contribution in [0.25, 0.3) is 22.2 Å². The smallest absolute Gasteiger partial charge is 0.303 e. The van der Waals surface area contributed by atoms with Gasteiger partial charge in [-0.2, -0.15) is 12.7 Å². The Hall–Kier alpha value is -3.93. The quantitative estimate of drug-likeness (QED) is 0.328. The Morgan fingerprint density at radius 3 is 2.51 bits per heavy atom. The molecular formula is C40H51N5O5S. The second kappa shape index (κ2) is 13.9. The highest BCUT2D eigenvalue weighted by atomic mass is 32.2. The van der Waals surface area contributed by atoms with Crippen molar-refractivity contribution >= 4 is 32.9 Å². The lowest BCUT2D eigenvalue weighted by Gasteiger charge is -2.45. The summed E-state index contributed by atoms with van der Waals surface area (Å²) >= 11 is 0. The summed E-state index contributed by atoms with van der Waals surface area (Å²) < 4.78 is 36.5. The van der Waals surface area contributed by atoms with Crippen LogP contribution in [-0.2, 0) is 28.0 Å². The number of rotatable bonds is 7. The van der Waals surface area contributed by atoms with Crippen molar-refractivity contribution in [3.05, 3.63) is 76.9 Å². The van der Waals surface area contributed by atoms with E-state index in [-0.39, 0.29) is 17.5 Å². The van der Waals surface area contributed by atoms with Crippen molar-refractivity contribution in [2.24, 2.45) is 5.41 Å². The maximum atomic E-state index is 15.3. The monoisotopic (exact) mass is 713 g/mol. The number of piperazine rings is 1. The minimum absolute atomic E-state index is 0.0368. The minimum Gasteiger partial charge on any atom is -0.497 e. The summed E-state index contributed by atoms with van der Waals surface area (Å²) in [6, 6.07) is 11.7. The molecule has 7 rings (SSSR count). The molecule has 1 saturated carbocycles. The number of aromatic nitrogens is 1. The third kappa shape index (κ3) is 6.64. The van der Waals surface area contributed by atoms with E-state index in [0.29, 0.717) is 25.4 Å². The van der Waals surface area contributed by atoms with E-state index in [4.69, 9.17) is 4.74 Å². The summed E-state index contributed by atoms with van der Waals surface area (Å²) in [6.45, 7) is 4.73. The normalized spacial score (nSPS) is 23.1. The van der Waals surface area contributed by atoms with Crippen molar-refractivity contribution in [2.75, 3.05) is 47.9 Å². The van der Waals surface area contributed by atoms with E-state index in [9.17, 15) is 13.2 Å². The molecule has 2 fully saturated rings. The molecule has 0 bridgehead atoms. The molecule has 2 aromatic carbocycles. The van der Waals surface area contributed by atoms with Crippen molar-refractivity contribution in [1.82, 2.24) is 23.4 Å². The maximum Gasteiger partial charge on any atom is 0.303 e. The Kier molecular flexibility index (Phi) is 9.66. The Morgan fingerprint density at radius 1 is 1.02 bits per heavy atom. The molecule has 2 amide bonds. The van der Waals surface area contributed by atoms with E-state index in [1.807, 2.05) is 18.2 Å². The number of allylic oxidation sites excluding steroid dienone is 2. The highest BCUT2D eigenvalue weighted by molar-refractivity contribution is 7.87. The number of carbonyl (C=O) groups excluding carboxylic acids is 2. The number of nitrogens with zero attached hydrogens (tertiary/aromatic N) is 4. The van der Waals surface area contributed by atoms with Crippen molar-refractivity contribution in [3.63, 3.8) is 0 Å². The fourth-order valence-corrected chi connectivity index (χ4v) is 9.30. The summed E-state index contributed by atoms with van der Waals surface area (Å²) in [5, 5.41) is 1.05. The predicted octanol–water partition coefficient (Wildman–Crippen LogP) is 5.88. The molecule has 2 aliphatic heterocycles. The molecule has 1 N–H and O–H groups in total. The van der Waals surface area contributed by atoms with E-state index >= 15 is 4.79 Å². The third-order valence-corrected chi connectivity index (χ3v) is 12.9. The molecule has 51 heavy (non-hydrogen) atoms. The van der Waals surface area contributed by atoms with Crippen molar-refractivity contribution in [3.8, 4) is 17.0 Å². The highest BCUT2D eigenvalue weighted by Gasteiger charge is 2.45. The van der Waals surface area contributed by atoms with Crippen LogP contribution in [0, 0.1) is 5.41 Å². The number of ether oxygens (including phenoxy) is 1. The molecule has 3 aromatic rings. The highest BCUT2D eigenvalue weighted by Crippen LogP contribution is 2.49. The minimum atomic E-state index is -3.99. The van der Waals surface area contributed by atoms with Gasteiger partial charge >= 0.3 is 10.2 Å². The van der Waals surface area contributed by atoms with Crippen LogP contribution in [0.4, 0.5) is 0 Å². The first-order chi connectivity index (χ1) is 24.4. The number of benzene rings is 2. The van der Waals surface area contributed by atoms with Gasteiger partial charge in [-0.05, 0) is 99.0 Å². The molecule has 0 radical (unpaired) electrons. The summed E-state index contributed by atoms with van der Waals surface area (Å²) in [7, 11) is 2.59. The zero-order valence-electron chi connectivity index (χ0n) is 30.6. The standard InChI is InChI=1S/C40H51N5O5S/c1-40(39(47)44-21-20-43(4)25-35(44)27-12-8-6-9-13-27)24-30-22-31(50-5)17-19-32(30)37-36(28-14-10-7-11-15-28)33-18-16-29(23-34(33)45(37)26-40)38(46)41-51(48,49)42(2)3/h8,12-13,16-19,22-23,28,35H,6-7,9-11,14-15,20-21,24-26H2,1-5H3,(H,41,46). The van der Waals surface area contributed by atoms with E-state index < -0.39 is 21.5 Å². The number of hydrogen-bond acceptors (Lipinski definition) is 6. The van der Waals surface area contributed by atoms with Gasteiger partial charge in [-0.25, -0.2) is 4.72 Å². The van der Waals surface area contributed by atoms with Crippen LogP contribution >= 0.6 is 0 Å². The molecular weight excluding hydrogens is 663 g/mol. The summed E-state index contributed by atoms with van der Waals surface area (Å²) in [5.41, 5.74) is 5.98. The molecule has 3 heterocycles. The first kappa shape index (κ1) is 35.5. The molecule has 10 nitrogen and oxygen atoms in total. The predicted molar refractivity (Wildman–Crippen MR) is 201 cm³/mol. The van der Waals surface area contributed by atoms with Crippen LogP contribution < -0.4 is 9.46 Å². The van der Waals surface area contributed by atoms with Gasteiger partial charge in [-0.1, -0.05) is 43.6 Å². The zero-order valence-corrected chi connectivity index (χ0v) is 31.4. The maximum absolute atomic E-state index is 15.3. The number of amides is 2. The Labute approximate surface area is 302 Å². The number of methoxy groups -OCH3 is 1. The van der Waals surface area contributed by atoms with E-state index in [1.165, 1.54) is 31.7 Å². The average molecular weight is 714 g/mol. The molecule has 1 saturated heterocycles. The van der Waals surface area contributed by atoms with Crippen LogP contribution in [0.1, 0.15) is 79.3 Å². The Morgan fingerprint density at radius 2 is 1.80 bits per heavy atom. The second-order valence-electron chi connectivity index (χ2n) is 15.4. The van der Waals surface area contributed by atoms with Crippen molar-refractivity contribution in [2.45, 2.75) is 76.8 Å². The van der Waals surface area contributed by atoms with E-state index in [2.05, 4.69) is 63.4 Å².